The van der Waals surface area contributed by atoms with Crippen LogP contribution < -0.4 is 19.5 Å². The van der Waals surface area contributed by atoms with Crippen molar-refractivity contribution in [1.29, 1.82) is 0 Å². The van der Waals surface area contributed by atoms with E-state index in [9.17, 15) is 14.0 Å². The lowest BCUT2D eigenvalue weighted by Crippen LogP contribution is -2.41. The second-order valence-corrected chi connectivity index (χ2v) is 14.0. The fourth-order valence-electron chi connectivity index (χ4n) is 7.89. The van der Waals surface area contributed by atoms with E-state index >= 15 is 0 Å². The number of aliphatic carboxylic acids is 1. The van der Waals surface area contributed by atoms with Gasteiger partial charge in [0.25, 0.3) is 0 Å². The van der Waals surface area contributed by atoms with Gasteiger partial charge in [-0.15, -0.1) is 12.4 Å². The van der Waals surface area contributed by atoms with Gasteiger partial charge >= 0.3 is 5.97 Å². The number of hydrogen-bond donors (Lipinski definition) is 2. The molecule has 1 amide bonds. The zero-order valence-electron chi connectivity index (χ0n) is 30.8. The molecule has 1 atom stereocenters. The molecule has 1 aromatic heterocycles. The van der Waals surface area contributed by atoms with Gasteiger partial charge in [0.1, 0.15) is 5.82 Å². The Balaban J connectivity index is 0.00000541. The summed E-state index contributed by atoms with van der Waals surface area (Å²) in [5, 5.41) is 12.8. The number of aromatic nitrogens is 2. The molecule has 2 aliphatic heterocycles. The number of benzene rings is 3. The van der Waals surface area contributed by atoms with Gasteiger partial charge in [-0.1, -0.05) is 24.3 Å². The number of aryl methyl sites for hydroxylation is 1. The Morgan fingerprint density at radius 3 is 2.30 bits per heavy atom. The number of carbonyl (C=O) groups is 2. The van der Waals surface area contributed by atoms with E-state index < -0.39 is 11.4 Å². The summed E-state index contributed by atoms with van der Waals surface area (Å²) in [7, 11) is 4.73. The first-order chi connectivity index (χ1) is 25.2. The average molecular weight is 752 g/mol. The second kappa shape index (κ2) is 18.0. The van der Waals surface area contributed by atoms with Gasteiger partial charge in [0.05, 0.1) is 37.8 Å². The van der Waals surface area contributed by atoms with Crippen LogP contribution in [0, 0.1) is 11.2 Å². The van der Waals surface area contributed by atoms with Crippen molar-refractivity contribution in [2.45, 2.75) is 70.5 Å². The molecule has 4 aromatic rings. The molecule has 3 heterocycles. The minimum Gasteiger partial charge on any atom is -0.493 e. The quantitative estimate of drug-likeness (QED) is 0.120. The third-order valence-corrected chi connectivity index (χ3v) is 10.6. The Bertz CT molecular complexity index is 1820. The molecule has 2 aliphatic rings. The minimum atomic E-state index is -0.794. The predicted molar refractivity (Wildman–Crippen MR) is 205 cm³/mol. The Morgan fingerprint density at radius 1 is 0.943 bits per heavy atom. The van der Waals surface area contributed by atoms with Gasteiger partial charge in [0.2, 0.25) is 17.6 Å². The van der Waals surface area contributed by atoms with Crippen molar-refractivity contribution in [1.82, 2.24) is 19.4 Å². The third kappa shape index (κ3) is 9.34. The number of ether oxygens (including phenoxy) is 3. The van der Waals surface area contributed by atoms with Crippen LogP contribution >= 0.6 is 12.4 Å². The SMILES string of the molecule is COc1cc(CN2CCC(CCCN3CCC(Nc4nc5ccccc5n4CCCC(=O)O)CC3)(Cc3ccc(F)cc3)C2=O)cc(OC)c1OC.Cl. The summed E-state index contributed by atoms with van der Waals surface area (Å²) < 4.78 is 32.5. The summed E-state index contributed by atoms with van der Waals surface area (Å²) in [6.07, 6.45) is 5.49. The number of carboxylic acid groups (broad SMARTS) is 1. The zero-order chi connectivity index (χ0) is 36.7. The lowest BCUT2D eigenvalue weighted by molar-refractivity contribution is -0.137. The van der Waals surface area contributed by atoms with E-state index in [0.717, 1.165) is 79.8 Å². The highest BCUT2D eigenvalue weighted by atomic mass is 35.5. The van der Waals surface area contributed by atoms with Gasteiger partial charge in [-0.05, 0) is 99.0 Å². The van der Waals surface area contributed by atoms with Crippen molar-refractivity contribution >= 4 is 41.3 Å². The third-order valence-electron chi connectivity index (χ3n) is 10.6. The Kier molecular flexibility index (Phi) is 13.5. The first-order valence-corrected chi connectivity index (χ1v) is 18.2. The highest BCUT2D eigenvalue weighted by Gasteiger charge is 2.46. The van der Waals surface area contributed by atoms with Gasteiger partial charge in [0.15, 0.2) is 11.5 Å². The maximum atomic E-state index is 14.3. The van der Waals surface area contributed by atoms with E-state index in [1.54, 1.807) is 33.5 Å². The molecule has 0 bridgehead atoms. The van der Waals surface area contributed by atoms with Crippen LogP contribution in [0.1, 0.15) is 56.1 Å². The molecule has 286 valence electrons. The molecular weight excluding hydrogens is 701 g/mol. The van der Waals surface area contributed by atoms with Crippen molar-refractivity contribution in [3.8, 4) is 17.2 Å². The number of para-hydroxylation sites is 2. The molecule has 2 saturated heterocycles. The Morgan fingerprint density at radius 2 is 1.64 bits per heavy atom. The van der Waals surface area contributed by atoms with Crippen molar-refractivity contribution in [2.24, 2.45) is 5.41 Å². The standard InChI is InChI=1S/C40H50FN5O6.ClH/c1-50-34-24-29(25-35(51-2)37(34)52-3)27-45-23-18-40(38(45)49,26-28-11-13-30(41)14-12-28)17-7-19-44-21-15-31(16-22-44)42-39-43-32-8-4-5-9-33(32)46(39)20-6-10-36(47)48;/h4-5,8-9,11-14,24-25,31H,6-7,10,15-23,26-27H2,1-3H3,(H,42,43)(H,47,48);1H. The van der Waals surface area contributed by atoms with E-state index in [4.69, 9.17) is 24.3 Å². The van der Waals surface area contributed by atoms with Crippen molar-refractivity contribution in [3.63, 3.8) is 0 Å². The minimum absolute atomic E-state index is 0. The van der Waals surface area contributed by atoms with Crippen LogP contribution in [0.3, 0.4) is 0 Å². The van der Waals surface area contributed by atoms with Crippen molar-refractivity contribution in [3.05, 3.63) is 77.6 Å². The number of anilines is 1. The molecular formula is C40H51ClFN5O6. The number of nitrogens with one attached hydrogen (secondary N) is 1. The van der Waals surface area contributed by atoms with Crippen LogP contribution in [0.15, 0.2) is 60.7 Å². The average Bonchev–Trinajstić information content (AvgIpc) is 3.64. The van der Waals surface area contributed by atoms with E-state index in [-0.39, 0.29) is 36.6 Å². The first-order valence-electron chi connectivity index (χ1n) is 18.2. The number of halogens is 2. The van der Waals surface area contributed by atoms with Gasteiger partial charge < -0.3 is 39.0 Å². The number of piperidine rings is 1. The number of likely N-dealkylation sites (tertiary alicyclic amines) is 2. The summed E-state index contributed by atoms with van der Waals surface area (Å²) >= 11 is 0. The predicted octanol–water partition coefficient (Wildman–Crippen LogP) is 6.81. The van der Waals surface area contributed by atoms with Crippen molar-refractivity contribution < 1.29 is 33.3 Å². The molecule has 6 rings (SSSR count). The molecule has 0 aliphatic carbocycles. The van der Waals surface area contributed by atoms with Crippen LogP contribution in [0.2, 0.25) is 0 Å². The number of hydrogen-bond acceptors (Lipinski definition) is 8. The fourth-order valence-corrected chi connectivity index (χ4v) is 7.89. The fraction of sp³-hybridized carbons (Fsp3) is 0.475. The molecule has 0 saturated carbocycles. The summed E-state index contributed by atoms with van der Waals surface area (Å²) in [5.74, 6) is 1.46. The van der Waals surface area contributed by atoms with E-state index in [1.807, 2.05) is 41.3 Å². The molecule has 0 radical (unpaired) electrons. The number of carbonyl (C=O) groups excluding carboxylic acids is 1. The van der Waals surface area contributed by atoms with Crippen LogP contribution in [0.5, 0.6) is 17.2 Å². The van der Waals surface area contributed by atoms with Gasteiger partial charge in [-0.25, -0.2) is 9.37 Å². The molecule has 11 nitrogen and oxygen atoms in total. The van der Waals surface area contributed by atoms with E-state index in [2.05, 4.69) is 14.8 Å². The second-order valence-electron chi connectivity index (χ2n) is 14.0. The van der Waals surface area contributed by atoms with Gasteiger partial charge in [-0.3, -0.25) is 9.59 Å². The molecule has 2 N–H and O–H groups in total. The number of imidazole rings is 1. The van der Waals surface area contributed by atoms with Crippen LogP contribution in [-0.2, 0) is 29.1 Å². The summed E-state index contributed by atoms with van der Waals surface area (Å²) in [6, 6.07) is 18.5. The summed E-state index contributed by atoms with van der Waals surface area (Å²) in [5.41, 5.74) is 3.19. The number of amides is 1. The first kappa shape index (κ1) is 39.7. The number of fused-ring (bicyclic) bond motifs is 1. The van der Waals surface area contributed by atoms with Gasteiger partial charge in [-0.2, -0.15) is 0 Å². The summed E-state index contributed by atoms with van der Waals surface area (Å²) in [4.78, 5) is 34.7. The molecule has 3 aromatic carbocycles. The number of carboxylic acids is 1. The summed E-state index contributed by atoms with van der Waals surface area (Å²) in [6.45, 7) is 4.41. The van der Waals surface area contributed by atoms with Crippen LogP contribution in [0.4, 0.5) is 10.3 Å². The zero-order valence-corrected chi connectivity index (χ0v) is 31.6. The maximum Gasteiger partial charge on any atom is 0.303 e. The Hall–Kier alpha value is -4.55. The van der Waals surface area contributed by atoms with Gasteiger partial charge in [0, 0.05) is 45.2 Å². The normalized spacial score (nSPS) is 17.9. The number of rotatable bonds is 17. The van der Waals surface area contributed by atoms with E-state index in [1.165, 1.54) is 12.1 Å². The van der Waals surface area contributed by atoms with E-state index in [0.29, 0.717) is 49.7 Å². The number of methoxy groups -OCH3 is 3. The largest absolute Gasteiger partial charge is 0.493 e. The molecule has 13 heteroatoms. The topological polar surface area (TPSA) is 118 Å². The van der Waals surface area contributed by atoms with Crippen LogP contribution in [0.25, 0.3) is 11.0 Å². The van der Waals surface area contributed by atoms with Crippen molar-refractivity contribution in [2.75, 3.05) is 52.8 Å². The highest BCUT2D eigenvalue weighted by Crippen LogP contribution is 2.43. The number of nitrogens with zero attached hydrogens (tertiary/aromatic N) is 4. The molecule has 0 spiro atoms. The smallest absolute Gasteiger partial charge is 0.303 e. The lowest BCUT2D eigenvalue weighted by Gasteiger charge is -2.34. The molecule has 53 heavy (non-hydrogen) atoms. The molecule has 1 unspecified atom stereocenters. The van der Waals surface area contributed by atoms with Crippen LogP contribution in [-0.4, -0.2) is 89.9 Å². The monoisotopic (exact) mass is 751 g/mol. The Labute approximate surface area is 316 Å². The highest BCUT2D eigenvalue weighted by molar-refractivity contribution is 5.86. The lowest BCUT2D eigenvalue weighted by atomic mass is 9.76. The maximum absolute atomic E-state index is 14.3. The molecule has 2 fully saturated rings.